The van der Waals surface area contributed by atoms with Crippen molar-refractivity contribution in [3.63, 3.8) is 0 Å². The highest BCUT2D eigenvalue weighted by atomic mass is 32.2. The number of hydrogen-bond donors (Lipinski definition) is 3. The summed E-state index contributed by atoms with van der Waals surface area (Å²) < 4.78 is 23.0. The summed E-state index contributed by atoms with van der Waals surface area (Å²) in [7, 11) is -3.80. The van der Waals surface area contributed by atoms with E-state index in [1.54, 1.807) is 19.1 Å². The van der Waals surface area contributed by atoms with Crippen molar-refractivity contribution in [3.05, 3.63) is 23.8 Å². The highest BCUT2D eigenvalue weighted by Crippen LogP contribution is 2.29. The lowest BCUT2D eigenvalue weighted by molar-refractivity contribution is -0.125. The van der Waals surface area contributed by atoms with Gasteiger partial charge in [-0.25, -0.2) is 13.6 Å². The number of piperidine rings is 1. The summed E-state index contributed by atoms with van der Waals surface area (Å²) >= 11 is 0. The van der Waals surface area contributed by atoms with E-state index in [0.29, 0.717) is 17.8 Å². The quantitative estimate of drug-likeness (QED) is 0.774. The summed E-state index contributed by atoms with van der Waals surface area (Å²) in [6.07, 6.45) is 1.75. The van der Waals surface area contributed by atoms with Crippen LogP contribution < -0.4 is 15.8 Å². The summed E-state index contributed by atoms with van der Waals surface area (Å²) in [5, 5.41) is 11.2. The second kappa shape index (κ2) is 5.75. The molecule has 0 aromatic heterocycles. The molecule has 0 spiro atoms. The standard InChI is InChI=1S/C14H21N3O3S/c1-10-11(5-3-6-12(10)21(15,19)20)17-13(18)14(2)7-4-8-16-9-14/h3,5-6,16H,4,7-9H2,1-2H3,(H,17,18)(H2,15,19,20). The normalized spacial score (nSPS) is 22.8. The number of sulfonamides is 1. The molecule has 7 heteroatoms. The van der Waals surface area contributed by atoms with Crippen LogP contribution in [0.5, 0.6) is 0 Å². The molecule has 0 aliphatic carbocycles. The Bertz CT molecular complexity index is 649. The van der Waals surface area contributed by atoms with E-state index in [0.717, 1.165) is 19.4 Å². The van der Waals surface area contributed by atoms with Gasteiger partial charge in [0.25, 0.3) is 0 Å². The minimum absolute atomic E-state index is 0.0345. The van der Waals surface area contributed by atoms with Gasteiger partial charge in [-0.05, 0) is 50.9 Å². The van der Waals surface area contributed by atoms with Gasteiger partial charge < -0.3 is 10.6 Å². The molecule has 1 fully saturated rings. The predicted octanol–water partition coefficient (Wildman–Crippen LogP) is 0.971. The van der Waals surface area contributed by atoms with E-state index < -0.39 is 15.4 Å². The molecule has 1 atom stereocenters. The fourth-order valence-corrected chi connectivity index (χ4v) is 3.39. The van der Waals surface area contributed by atoms with Crippen LogP contribution in [0.3, 0.4) is 0 Å². The van der Waals surface area contributed by atoms with Crippen molar-refractivity contribution in [2.45, 2.75) is 31.6 Å². The highest BCUT2D eigenvalue weighted by Gasteiger charge is 2.34. The van der Waals surface area contributed by atoms with Gasteiger partial charge in [-0.15, -0.1) is 0 Å². The first-order valence-corrected chi connectivity index (χ1v) is 8.43. The molecule has 1 aromatic rings. The monoisotopic (exact) mass is 311 g/mol. The van der Waals surface area contributed by atoms with Crippen molar-refractivity contribution in [2.24, 2.45) is 10.6 Å². The van der Waals surface area contributed by atoms with Crippen LogP contribution in [-0.4, -0.2) is 27.4 Å². The van der Waals surface area contributed by atoms with E-state index in [4.69, 9.17) is 5.14 Å². The van der Waals surface area contributed by atoms with Crippen molar-refractivity contribution in [3.8, 4) is 0 Å². The van der Waals surface area contributed by atoms with E-state index in [2.05, 4.69) is 10.6 Å². The smallest absolute Gasteiger partial charge is 0.238 e. The topological polar surface area (TPSA) is 101 Å². The van der Waals surface area contributed by atoms with Gasteiger partial charge in [-0.2, -0.15) is 0 Å². The summed E-state index contributed by atoms with van der Waals surface area (Å²) in [5.74, 6) is -0.107. The number of nitrogens with two attached hydrogens (primary N) is 1. The van der Waals surface area contributed by atoms with Gasteiger partial charge in [0, 0.05) is 12.2 Å². The lowest BCUT2D eigenvalue weighted by Crippen LogP contribution is -2.46. The van der Waals surface area contributed by atoms with Crippen LogP contribution in [0, 0.1) is 12.3 Å². The number of rotatable bonds is 3. The fourth-order valence-electron chi connectivity index (χ4n) is 2.58. The fraction of sp³-hybridized carbons (Fsp3) is 0.500. The maximum atomic E-state index is 12.5. The average molecular weight is 311 g/mol. The maximum Gasteiger partial charge on any atom is 0.238 e. The summed E-state index contributed by atoms with van der Waals surface area (Å²) in [6, 6.07) is 4.69. The van der Waals surface area contributed by atoms with Crippen molar-refractivity contribution in [2.75, 3.05) is 18.4 Å². The number of amides is 1. The summed E-state index contributed by atoms with van der Waals surface area (Å²) in [4.78, 5) is 12.5. The van der Waals surface area contributed by atoms with Crippen LogP contribution in [0.15, 0.2) is 23.1 Å². The van der Waals surface area contributed by atoms with Crippen molar-refractivity contribution in [1.29, 1.82) is 0 Å². The van der Waals surface area contributed by atoms with Crippen molar-refractivity contribution >= 4 is 21.6 Å². The van der Waals surface area contributed by atoms with Gasteiger partial charge in [-0.1, -0.05) is 6.07 Å². The van der Waals surface area contributed by atoms with Crippen LogP contribution in [0.25, 0.3) is 0 Å². The highest BCUT2D eigenvalue weighted by molar-refractivity contribution is 7.89. The zero-order valence-corrected chi connectivity index (χ0v) is 13.1. The molecule has 1 amide bonds. The molecular formula is C14H21N3O3S. The lowest BCUT2D eigenvalue weighted by atomic mass is 9.82. The molecule has 116 valence electrons. The molecule has 6 nitrogen and oxygen atoms in total. The maximum absolute atomic E-state index is 12.5. The Hall–Kier alpha value is -1.44. The Morgan fingerprint density at radius 3 is 2.71 bits per heavy atom. The Kier molecular flexibility index (Phi) is 4.36. The van der Waals surface area contributed by atoms with Gasteiger partial charge in [0.05, 0.1) is 10.3 Å². The van der Waals surface area contributed by atoms with Crippen molar-refractivity contribution in [1.82, 2.24) is 5.32 Å². The Balaban J connectivity index is 2.26. The lowest BCUT2D eigenvalue weighted by Gasteiger charge is -2.32. The van der Waals surface area contributed by atoms with Crippen LogP contribution in [0.2, 0.25) is 0 Å². The minimum atomic E-state index is -3.80. The third kappa shape index (κ3) is 3.42. The van der Waals surface area contributed by atoms with Crippen LogP contribution in [-0.2, 0) is 14.8 Å². The Morgan fingerprint density at radius 1 is 1.43 bits per heavy atom. The molecule has 0 radical (unpaired) electrons. The average Bonchev–Trinajstić information content (AvgIpc) is 2.40. The molecule has 1 heterocycles. The van der Waals surface area contributed by atoms with Crippen LogP contribution in [0.1, 0.15) is 25.3 Å². The molecule has 4 N–H and O–H groups in total. The third-order valence-electron chi connectivity index (χ3n) is 3.98. The van der Waals surface area contributed by atoms with Crippen LogP contribution in [0.4, 0.5) is 5.69 Å². The Labute approximate surface area is 125 Å². The van der Waals surface area contributed by atoms with Gasteiger partial charge in [0.1, 0.15) is 0 Å². The number of carbonyl (C=O) groups is 1. The molecule has 1 saturated heterocycles. The van der Waals surface area contributed by atoms with E-state index in [1.807, 2.05) is 6.92 Å². The van der Waals surface area contributed by atoms with Crippen molar-refractivity contribution < 1.29 is 13.2 Å². The van der Waals surface area contributed by atoms with Gasteiger partial charge >= 0.3 is 0 Å². The van der Waals surface area contributed by atoms with E-state index in [-0.39, 0.29) is 10.8 Å². The molecule has 21 heavy (non-hydrogen) atoms. The number of hydrogen-bond acceptors (Lipinski definition) is 4. The molecule has 1 unspecified atom stereocenters. The first-order chi connectivity index (χ1) is 9.74. The second-order valence-electron chi connectivity index (χ2n) is 5.77. The molecule has 1 aliphatic heterocycles. The number of carbonyl (C=O) groups excluding carboxylic acids is 1. The zero-order valence-electron chi connectivity index (χ0n) is 12.3. The number of primary sulfonamides is 1. The number of nitrogens with one attached hydrogen (secondary N) is 2. The van der Waals surface area contributed by atoms with Crippen LogP contribution >= 0.6 is 0 Å². The largest absolute Gasteiger partial charge is 0.325 e. The zero-order chi connectivity index (χ0) is 15.7. The van der Waals surface area contributed by atoms with E-state index in [9.17, 15) is 13.2 Å². The van der Waals surface area contributed by atoms with Gasteiger partial charge in [0.2, 0.25) is 15.9 Å². The molecule has 2 rings (SSSR count). The van der Waals surface area contributed by atoms with Gasteiger partial charge in [0.15, 0.2) is 0 Å². The molecular weight excluding hydrogens is 290 g/mol. The van der Waals surface area contributed by atoms with E-state index in [1.165, 1.54) is 6.07 Å². The first kappa shape index (κ1) is 15.9. The van der Waals surface area contributed by atoms with Gasteiger partial charge in [-0.3, -0.25) is 4.79 Å². The predicted molar refractivity (Wildman–Crippen MR) is 81.4 cm³/mol. The first-order valence-electron chi connectivity index (χ1n) is 6.89. The number of benzene rings is 1. The third-order valence-corrected chi connectivity index (χ3v) is 5.04. The Morgan fingerprint density at radius 2 is 2.14 bits per heavy atom. The summed E-state index contributed by atoms with van der Waals surface area (Å²) in [6.45, 7) is 5.08. The molecule has 0 saturated carbocycles. The molecule has 0 bridgehead atoms. The second-order valence-corrected chi connectivity index (χ2v) is 7.30. The summed E-state index contributed by atoms with van der Waals surface area (Å²) in [5.41, 5.74) is 0.460. The molecule has 1 aromatic carbocycles. The SMILES string of the molecule is Cc1c(NC(=O)C2(C)CCCNC2)cccc1S(N)(=O)=O. The molecule has 1 aliphatic rings. The minimum Gasteiger partial charge on any atom is -0.325 e. The van der Waals surface area contributed by atoms with E-state index >= 15 is 0 Å². The number of anilines is 1.